The van der Waals surface area contributed by atoms with Crippen molar-refractivity contribution in [1.29, 1.82) is 0 Å². The molecule has 1 fully saturated rings. The molecular formula is C22H18N2O4. The van der Waals surface area contributed by atoms with Crippen LogP contribution in [0.25, 0.3) is 5.76 Å². The second-order valence-corrected chi connectivity index (χ2v) is 6.60. The van der Waals surface area contributed by atoms with Crippen LogP contribution in [0.1, 0.15) is 28.5 Å². The van der Waals surface area contributed by atoms with Crippen LogP contribution in [-0.2, 0) is 16.1 Å². The van der Waals surface area contributed by atoms with Crippen molar-refractivity contribution in [1.82, 2.24) is 9.88 Å². The third-order valence-electron chi connectivity index (χ3n) is 4.88. The Morgan fingerprint density at radius 2 is 1.86 bits per heavy atom. The van der Waals surface area contributed by atoms with Gasteiger partial charge in [0.05, 0.1) is 24.4 Å². The molecule has 0 aliphatic carbocycles. The van der Waals surface area contributed by atoms with E-state index in [0.29, 0.717) is 11.3 Å². The Morgan fingerprint density at radius 3 is 2.54 bits per heavy atom. The number of aromatic nitrogens is 1. The fourth-order valence-corrected chi connectivity index (χ4v) is 3.50. The maximum atomic E-state index is 12.9. The molecule has 3 aromatic rings. The molecule has 140 valence electrons. The summed E-state index contributed by atoms with van der Waals surface area (Å²) < 4.78 is 5.38. The molecule has 0 bridgehead atoms. The number of rotatable bonds is 4. The number of aryl methyl sites for hydroxylation is 1. The molecular weight excluding hydrogens is 356 g/mol. The molecule has 4 rings (SSSR count). The van der Waals surface area contributed by atoms with E-state index in [0.717, 1.165) is 11.1 Å². The Labute approximate surface area is 161 Å². The van der Waals surface area contributed by atoms with Crippen LogP contribution in [0, 0.1) is 6.92 Å². The van der Waals surface area contributed by atoms with Gasteiger partial charge in [0.1, 0.15) is 11.5 Å². The van der Waals surface area contributed by atoms with Gasteiger partial charge >= 0.3 is 0 Å². The molecule has 1 aromatic carbocycles. The molecule has 6 nitrogen and oxygen atoms in total. The van der Waals surface area contributed by atoms with Gasteiger partial charge in [0.25, 0.3) is 11.7 Å². The van der Waals surface area contributed by atoms with E-state index in [4.69, 9.17) is 4.42 Å². The summed E-state index contributed by atoms with van der Waals surface area (Å²) >= 11 is 0. The van der Waals surface area contributed by atoms with E-state index < -0.39 is 17.7 Å². The second kappa shape index (κ2) is 7.15. The van der Waals surface area contributed by atoms with Gasteiger partial charge in [0, 0.05) is 18.0 Å². The third-order valence-corrected chi connectivity index (χ3v) is 4.88. The molecule has 0 spiro atoms. The molecule has 1 amide bonds. The van der Waals surface area contributed by atoms with E-state index in [2.05, 4.69) is 4.98 Å². The summed E-state index contributed by atoms with van der Waals surface area (Å²) in [5.41, 5.74) is 2.20. The van der Waals surface area contributed by atoms with Gasteiger partial charge in [-0.05, 0) is 42.3 Å². The largest absolute Gasteiger partial charge is 0.507 e. The number of ketones is 1. The molecule has 1 saturated heterocycles. The number of hydrogen-bond acceptors (Lipinski definition) is 5. The highest BCUT2D eigenvalue weighted by Gasteiger charge is 2.46. The van der Waals surface area contributed by atoms with Gasteiger partial charge in [0.2, 0.25) is 0 Å². The first-order chi connectivity index (χ1) is 13.6. The lowest BCUT2D eigenvalue weighted by atomic mass is 9.93. The van der Waals surface area contributed by atoms with Crippen LogP contribution in [0.4, 0.5) is 0 Å². The number of Topliss-reactive ketones (excluding diaryl/α,β-unsaturated/α-hetero) is 1. The maximum absolute atomic E-state index is 12.9. The average Bonchev–Trinajstić information content (AvgIpc) is 3.31. The Balaban J connectivity index is 1.90. The Hall–Kier alpha value is -3.67. The summed E-state index contributed by atoms with van der Waals surface area (Å²) in [6.07, 6.45) is 4.57. The topological polar surface area (TPSA) is 83.6 Å². The molecule has 1 N–H and O–H groups in total. The smallest absolute Gasteiger partial charge is 0.296 e. The predicted molar refractivity (Wildman–Crippen MR) is 102 cm³/mol. The minimum absolute atomic E-state index is 0.0667. The van der Waals surface area contributed by atoms with Crippen molar-refractivity contribution >= 4 is 17.4 Å². The van der Waals surface area contributed by atoms with Gasteiger partial charge in [-0.15, -0.1) is 0 Å². The van der Waals surface area contributed by atoms with E-state index in [1.165, 1.54) is 23.6 Å². The number of carbonyl (C=O) groups excluding carboxylic acids is 2. The summed E-state index contributed by atoms with van der Waals surface area (Å²) in [7, 11) is 0. The number of aliphatic hydroxyl groups is 1. The summed E-state index contributed by atoms with van der Waals surface area (Å²) in [4.78, 5) is 31.1. The highest BCUT2D eigenvalue weighted by Crippen LogP contribution is 2.41. The number of hydrogen-bond donors (Lipinski definition) is 1. The third kappa shape index (κ3) is 2.99. The Morgan fingerprint density at radius 1 is 1.11 bits per heavy atom. The summed E-state index contributed by atoms with van der Waals surface area (Å²) in [5, 5.41) is 10.9. The first-order valence-electron chi connectivity index (χ1n) is 8.84. The normalized spacial score (nSPS) is 18.6. The predicted octanol–water partition coefficient (Wildman–Crippen LogP) is 3.60. The number of amides is 1. The number of likely N-dealkylation sites (tertiary alicyclic amines) is 1. The van der Waals surface area contributed by atoms with E-state index in [9.17, 15) is 14.7 Å². The van der Waals surface area contributed by atoms with Gasteiger partial charge < -0.3 is 14.4 Å². The lowest BCUT2D eigenvalue weighted by molar-refractivity contribution is -0.140. The summed E-state index contributed by atoms with van der Waals surface area (Å²) in [6, 6.07) is 13.5. The fraction of sp³-hybridized carbons (Fsp3) is 0.136. The minimum atomic E-state index is -0.714. The van der Waals surface area contributed by atoms with E-state index in [1.54, 1.807) is 24.3 Å². The number of furan rings is 1. The molecule has 28 heavy (non-hydrogen) atoms. The average molecular weight is 374 g/mol. The molecule has 1 atom stereocenters. The van der Waals surface area contributed by atoms with E-state index in [-0.39, 0.29) is 17.9 Å². The van der Waals surface area contributed by atoms with Gasteiger partial charge in [-0.2, -0.15) is 0 Å². The number of carbonyl (C=O) groups is 2. The van der Waals surface area contributed by atoms with Gasteiger partial charge in [-0.3, -0.25) is 14.6 Å². The van der Waals surface area contributed by atoms with Crippen molar-refractivity contribution in [2.24, 2.45) is 0 Å². The molecule has 6 heteroatoms. The molecule has 1 aliphatic heterocycles. The zero-order valence-corrected chi connectivity index (χ0v) is 15.2. The van der Waals surface area contributed by atoms with Crippen molar-refractivity contribution in [3.05, 3.63) is 95.2 Å². The maximum Gasteiger partial charge on any atom is 0.296 e. The SMILES string of the molecule is Cc1ccccc1C1/C(=C(/O)c2ccncc2)C(=O)C(=O)N1Cc1ccco1. The fourth-order valence-electron chi connectivity index (χ4n) is 3.50. The van der Waals surface area contributed by atoms with Crippen LogP contribution in [0.2, 0.25) is 0 Å². The number of pyridine rings is 1. The zero-order chi connectivity index (χ0) is 19.7. The number of nitrogens with zero attached hydrogens (tertiary/aromatic N) is 2. The van der Waals surface area contributed by atoms with Crippen molar-refractivity contribution in [2.45, 2.75) is 19.5 Å². The van der Waals surface area contributed by atoms with Gasteiger partial charge in [-0.25, -0.2) is 0 Å². The van der Waals surface area contributed by atoms with Crippen LogP contribution >= 0.6 is 0 Å². The summed E-state index contributed by atoms with van der Waals surface area (Å²) in [6.45, 7) is 2.04. The van der Waals surface area contributed by atoms with Crippen LogP contribution < -0.4 is 0 Å². The lowest BCUT2D eigenvalue weighted by Gasteiger charge is -2.25. The van der Waals surface area contributed by atoms with Gasteiger partial charge in [-0.1, -0.05) is 24.3 Å². The molecule has 0 radical (unpaired) electrons. The van der Waals surface area contributed by atoms with Crippen LogP contribution in [0.5, 0.6) is 0 Å². The van der Waals surface area contributed by atoms with E-state index >= 15 is 0 Å². The Kier molecular flexibility index (Phi) is 4.53. The van der Waals surface area contributed by atoms with Crippen LogP contribution in [-0.4, -0.2) is 26.7 Å². The second-order valence-electron chi connectivity index (χ2n) is 6.60. The van der Waals surface area contributed by atoms with Crippen molar-refractivity contribution in [2.75, 3.05) is 0 Å². The lowest BCUT2D eigenvalue weighted by Crippen LogP contribution is -2.29. The van der Waals surface area contributed by atoms with E-state index in [1.807, 2.05) is 31.2 Å². The van der Waals surface area contributed by atoms with Crippen LogP contribution in [0.3, 0.4) is 0 Å². The van der Waals surface area contributed by atoms with Crippen molar-refractivity contribution < 1.29 is 19.1 Å². The number of benzene rings is 1. The highest BCUT2D eigenvalue weighted by atomic mass is 16.3. The molecule has 0 saturated carbocycles. The van der Waals surface area contributed by atoms with Gasteiger partial charge in [0.15, 0.2) is 0 Å². The number of aliphatic hydroxyl groups excluding tert-OH is 1. The monoisotopic (exact) mass is 374 g/mol. The summed E-state index contributed by atoms with van der Waals surface area (Å²) in [5.74, 6) is -1.03. The van der Waals surface area contributed by atoms with Crippen LogP contribution in [0.15, 0.2) is 77.2 Å². The quantitative estimate of drug-likeness (QED) is 0.428. The van der Waals surface area contributed by atoms with Crippen molar-refractivity contribution in [3.63, 3.8) is 0 Å². The molecule has 1 unspecified atom stereocenters. The highest BCUT2D eigenvalue weighted by molar-refractivity contribution is 6.46. The Bertz CT molecular complexity index is 1060. The van der Waals surface area contributed by atoms with Crippen molar-refractivity contribution in [3.8, 4) is 0 Å². The molecule has 2 aromatic heterocycles. The standard InChI is InChI=1S/C22H18N2O4/c1-14-5-2-3-7-17(14)19-18(20(25)15-8-10-23-11-9-15)21(26)22(27)24(19)13-16-6-4-12-28-16/h2-12,19,25H,13H2,1H3/b20-18-. The zero-order valence-electron chi connectivity index (χ0n) is 15.2. The molecule has 1 aliphatic rings. The molecule has 3 heterocycles. The first-order valence-corrected chi connectivity index (χ1v) is 8.84. The first kappa shape index (κ1) is 17.7. The minimum Gasteiger partial charge on any atom is -0.507 e.